The summed E-state index contributed by atoms with van der Waals surface area (Å²) >= 11 is 0. The second-order valence-corrected chi connectivity index (χ2v) is 24.1. The first kappa shape index (κ1) is 49.8. The van der Waals surface area contributed by atoms with E-state index in [9.17, 15) is 0 Å². The van der Waals surface area contributed by atoms with Gasteiger partial charge in [0.1, 0.15) is 17.5 Å². The number of ether oxygens (including phenoxy) is 3. The molecule has 84 heavy (non-hydrogen) atoms. The quantitative estimate of drug-likeness (QED) is 0.123. The lowest BCUT2D eigenvalue weighted by Gasteiger charge is -2.37. The van der Waals surface area contributed by atoms with Crippen LogP contribution < -0.4 is 14.7 Å². The number of aromatic amines is 3. The Morgan fingerprint density at radius 2 is 0.976 bits per heavy atom. The molecule has 1 spiro atoms. The van der Waals surface area contributed by atoms with Gasteiger partial charge in [0.25, 0.3) is 0 Å². The van der Waals surface area contributed by atoms with Gasteiger partial charge in [0, 0.05) is 118 Å². The summed E-state index contributed by atoms with van der Waals surface area (Å²) in [5.41, 5.74) is 16.1. The van der Waals surface area contributed by atoms with Gasteiger partial charge in [-0.3, -0.25) is 15.3 Å². The van der Waals surface area contributed by atoms with E-state index >= 15 is 0 Å². The van der Waals surface area contributed by atoms with Crippen LogP contribution in [-0.4, -0.2) is 153 Å². The van der Waals surface area contributed by atoms with E-state index in [-0.39, 0.29) is 0 Å². The van der Waals surface area contributed by atoms with Crippen LogP contribution in [0.25, 0.3) is 83.4 Å². The highest BCUT2D eigenvalue weighted by Crippen LogP contribution is 2.44. The van der Waals surface area contributed by atoms with Crippen molar-refractivity contribution in [3.05, 3.63) is 127 Å². The number of morpholine rings is 1. The van der Waals surface area contributed by atoms with Crippen LogP contribution in [0.15, 0.2) is 110 Å². The second kappa shape index (κ2) is 19.9. The zero-order chi connectivity index (χ0) is 55.5. The molecule has 7 fully saturated rings. The van der Waals surface area contributed by atoms with Gasteiger partial charge in [-0.2, -0.15) is 15.3 Å². The number of imidazole rings is 3. The molecule has 2 atom stereocenters. The molecular formula is C63H64N18O3. The fourth-order valence-electron chi connectivity index (χ4n) is 13.3. The predicted molar refractivity (Wildman–Crippen MR) is 321 cm³/mol. The van der Waals surface area contributed by atoms with Gasteiger partial charge in [-0.1, -0.05) is 25.1 Å². The monoisotopic (exact) mass is 1120 g/mol. The number of anilines is 3. The molecule has 424 valence electrons. The van der Waals surface area contributed by atoms with Crippen LogP contribution >= 0.6 is 0 Å². The van der Waals surface area contributed by atoms with E-state index in [0.29, 0.717) is 29.1 Å². The van der Waals surface area contributed by atoms with Crippen molar-refractivity contribution in [2.45, 2.75) is 57.3 Å². The van der Waals surface area contributed by atoms with E-state index in [1.54, 1.807) is 0 Å². The molecule has 9 aromatic heterocycles. The number of nitrogens with zero attached hydrogens (tertiary/aromatic N) is 15. The van der Waals surface area contributed by atoms with Crippen molar-refractivity contribution in [2.75, 3.05) is 93.6 Å². The Balaban J connectivity index is 0.0000000994. The predicted octanol–water partition coefficient (Wildman–Crippen LogP) is 9.28. The first-order valence-electron chi connectivity index (χ1n) is 29.9. The minimum atomic E-state index is 0.347. The average Bonchev–Trinajstić information content (AvgIpc) is 2.72. The van der Waals surface area contributed by atoms with E-state index in [4.69, 9.17) is 29.5 Å². The number of hydrogen-bond acceptors (Lipinski definition) is 15. The van der Waals surface area contributed by atoms with Gasteiger partial charge < -0.3 is 28.9 Å². The van der Waals surface area contributed by atoms with Crippen LogP contribution in [0.2, 0.25) is 0 Å². The fraction of sp³-hybridized carbons (Fsp3) is 0.381. The Labute approximate surface area is 482 Å². The Morgan fingerprint density at radius 3 is 1.45 bits per heavy atom. The molecule has 3 aromatic carbocycles. The Morgan fingerprint density at radius 1 is 0.500 bits per heavy atom. The van der Waals surface area contributed by atoms with Gasteiger partial charge in [-0.15, -0.1) is 15.3 Å². The molecule has 14 heterocycles. The summed E-state index contributed by atoms with van der Waals surface area (Å²) in [5, 5.41) is 41.3. The normalized spacial score (nSPS) is 20.2. The molecule has 19 rings (SSSR count). The van der Waals surface area contributed by atoms with Gasteiger partial charge in [0.15, 0.2) is 16.9 Å². The number of H-pyrrole nitrogens is 3. The SMILES string of the molecule is CCc1[nH]nc2ccc(-c3cnc4ccc(N5CCOCC5)nn34)cc12.c1cc2n[nH]c(C3CC3)c2cc1-c1cnc2ccc(N3CCC4(COC4)C3)nn12.c1cc2n[nH]c(C3CC3)c2cc1-c1cnc2ccc(N3C[C@H]4COC[C@H]4C3)nn12. The zero-order valence-electron chi connectivity index (χ0n) is 46.9. The van der Waals surface area contributed by atoms with Crippen molar-refractivity contribution in [1.82, 2.24) is 74.4 Å². The van der Waals surface area contributed by atoms with Crippen molar-refractivity contribution >= 4 is 67.1 Å². The highest BCUT2D eigenvalue weighted by molar-refractivity contribution is 5.89. The molecule has 2 saturated carbocycles. The van der Waals surface area contributed by atoms with Crippen LogP contribution in [0, 0.1) is 17.3 Å². The molecule has 0 unspecified atom stereocenters. The summed E-state index contributed by atoms with van der Waals surface area (Å²) in [6.45, 7) is 13.0. The summed E-state index contributed by atoms with van der Waals surface area (Å²) in [6, 6.07) is 31.6. The van der Waals surface area contributed by atoms with Crippen molar-refractivity contribution < 1.29 is 14.2 Å². The van der Waals surface area contributed by atoms with Crippen molar-refractivity contribution in [1.29, 1.82) is 0 Å². The number of aromatic nitrogens is 15. The van der Waals surface area contributed by atoms with Crippen LogP contribution in [-0.2, 0) is 20.6 Å². The molecule has 3 N–H and O–H groups in total. The number of nitrogens with one attached hydrogen (secondary N) is 3. The zero-order valence-corrected chi connectivity index (χ0v) is 46.9. The van der Waals surface area contributed by atoms with E-state index in [1.807, 2.05) is 50.3 Å². The molecule has 0 bridgehead atoms. The van der Waals surface area contributed by atoms with E-state index < -0.39 is 0 Å². The Kier molecular flexibility index (Phi) is 11.8. The molecule has 0 amide bonds. The molecule has 5 saturated heterocycles. The number of aryl methyl sites for hydroxylation is 1. The maximum absolute atomic E-state index is 5.62. The number of fused-ring (bicyclic) bond motifs is 7. The maximum Gasteiger partial charge on any atom is 0.154 e. The third kappa shape index (κ3) is 8.81. The standard InChI is InChI=1S/2C22H22N6O.C19H20N6O/c1-2-13(1)22-17-7-14(3-4-18(17)24-25-22)19-8-23-20-5-6-21(26-28(19)20)27-9-15-11-29-12-16(15)10-27;1-2-14(1)21-16-9-15(3-4-17(16)24-25-21)18-10-23-19-5-6-20(26-28(18)19)27-8-7-22(11-27)12-29-13-22;1-2-15-14-11-13(3-4-16(14)22-21-15)17-12-20-18-5-6-19(23-25(17)18)24-7-9-26-10-8-24/h3-8,13,15-16H,1-2,9-12H2,(H,24,25);3-6,9-10,14H,1-2,7-8,11-13H2,(H,24,25);3-6,11-12H,2,7-10H2,1H3,(H,21,22)/t15-,16+;;. The Hall–Kier alpha value is -8.79. The van der Waals surface area contributed by atoms with Crippen molar-refractivity contribution in [3.63, 3.8) is 0 Å². The minimum absolute atomic E-state index is 0.347. The van der Waals surface area contributed by atoms with Crippen LogP contribution in [0.5, 0.6) is 0 Å². The number of hydrogen-bond donors (Lipinski definition) is 3. The highest BCUT2D eigenvalue weighted by atomic mass is 16.5. The number of benzene rings is 3. The molecule has 21 nitrogen and oxygen atoms in total. The smallest absolute Gasteiger partial charge is 0.154 e. The third-order valence-corrected chi connectivity index (χ3v) is 18.5. The average molecular weight is 1120 g/mol. The second-order valence-electron chi connectivity index (χ2n) is 24.1. The molecule has 7 aliphatic rings. The van der Waals surface area contributed by atoms with Crippen LogP contribution in [0.1, 0.15) is 67.9 Å². The third-order valence-electron chi connectivity index (χ3n) is 18.5. The van der Waals surface area contributed by atoms with Gasteiger partial charge >= 0.3 is 0 Å². The fourth-order valence-corrected chi connectivity index (χ4v) is 13.3. The van der Waals surface area contributed by atoms with Gasteiger partial charge in [-0.25, -0.2) is 28.5 Å². The molecular weight excluding hydrogens is 1060 g/mol. The molecule has 12 aromatic rings. The van der Waals surface area contributed by atoms with Gasteiger partial charge in [0.05, 0.1) is 91.9 Å². The van der Waals surface area contributed by atoms with Crippen LogP contribution in [0.4, 0.5) is 17.5 Å². The molecule has 0 radical (unpaired) electrons. The molecule has 2 aliphatic carbocycles. The summed E-state index contributed by atoms with van der Waals surface area (Å²) in [4.78, 5) is 20.7. The summed E-state index contributed by atoms with van der Waals surface area (Å²) in [6.07, 6.45) is 12.9. The van der Waals surface area contributed by atoms with E-state index in [0.717, 1.165) is 181 Å². The summed E-state index contributed by atoms with van der Waals surface area (Å²) < 4.78 is 22.4. The van der Waals surface area contributed by atoms with Crippen LogP contribution in [0.3, 0.4) is 0 Å². The van der Waals surface area contributed by atoms with Crippen molar-refractivity contribution in [2.24, 2.45) is 17.3 Å². The maximum atomic E-state index is 5.62. The minimum Gasteiger partial charge on any atom is -0.381 e. The van der Waals surface area contributed by atoms with E-state index in [2.05, 4.69) is 140 Å². The van der Waals surface area contributed by atoms with Crippen molar-refractivity contribution in [3.8, 4) is 33.8 Å². The Bertz CT molecular complexity index is 4280. The van der Waals surface area contributed by atoms with Gasteiger partial charge in [-0.05, 0) is 111 Å². The lowest BCUT2D eigenvalue weighted by atomic mass is 9.85. The topological polar surface area (TPSA) is 214 Å². The highest BCUT2D eigenvalue weighted by Gasteiger charge is 2.45. The van der Waals surface area contributed by atoms with Gasteiger partial charge in [0.2, 0.25) is 0 Å². The number of rotatable bonds is 9. The summed E-state index contributed by atoms with van der Waals surface area (Å²) in [5.74, 6) is 5.55. The lowest BCUT2D eigenvalue weighted by Crippen LogP contribution is -2.44. The molecule has 21 heteroatoms. The lowest BCUT2D eigenvalue weighted by molar-refractivity contribution is -0.0985. The largest absolute Gasteiger partial charge is 0.381 e. The van der Waals surface area contributed by atoms with E-state index in [1.165, 1.54) is 54.3 Å². The molecule has 5 aliphatic heterocycles. The first-order chi connectivity index (χ1) is 41.4. The first-order valence-corrected chi connectivity index (χ1v) is 29.9. The summed E-state index contributed by atoms with van der Waals surface area (Å²) in [7, 11) is 0.